The Kier molecular flexibility index (Phi) is 3.74. The topological polar surface area (TPSA) is 38.0 Å². The van der Waals surface area contributed by atoms with Gasteiger partial charge in [-0.05, 0) is 45.2 Å². The van der Waals surface area contributed by atoms with Crippen LogP contribution < -0.4 is 11.1 Å². The molecule has 0 aromatic rings. The summed E-state index contributed by atoms with van der Waals surface area (Å²) in [6, 6.07) is 0. The number of nitrogens with one attached hydrogen (secondary N) is 1. The zero-order valence-electron chi connectivity index (χ0n) is 9.27. The second-order valence-corrected chi connectivity index (χ2v) is 4.87. The van der Waals surface area contributed by atoms with E-state index >= 15 is 0 Å². The standard InChI is InChI=1S/C11H24N2/c1-9-5-4-7-11(2,12)10(9)6-8-13-3/h9-10,13H,4-8,12H2,1-3H3. The SMILES string of the molecule is CNCCC1C(C)CCCC1(C)N. The van der Waals surface area contributed by atoms with E-state index in [9.17, 15) is 0 Å². The average Bonchev–Trinajstić information content (AvgIpc) is 2.02. The Morgan fingerprint density at radius 1 is 1.54 bits per heavy atom. The molecule has 3 N–H and O–H groups in total. The van der Waals surface area contributed by atoms with Gasteiger partial charge in [-0.1, -0.05) is 19.8 Å². The van der Waals surface area contributed by atoms with Gasteiger partial charge in [-0.2, -0.15) is 0 Å². The molecule has 0 aromatic carbocycles. The predicted molar refractivity (Wildman–Crippen MR) is 57.6 cm³/mol. The van der Waals surface area contributed by atoms with E-state index in [2.05, 4.69) is 19.2 Å². The molecule has 0 saturated heterocycles. The maximum Gasteiger partial charge on any atom is 0.0157 e. The van der Waals surface area contributed by atoms with Crippen molar-refractivity contribution in [2.24, 2.45) is 17.6 Å². The van der Waals surface area contributed by atoms with Crippen LogP contribution in [0.5, 0.6) is 0 Å². The first kappa shape index (κ1) is 11.0. The van der Waals surface area contributed by atoms with E-state index in [0.29, 0.717) is 5.92 Å². The van der Waals surface area contributed by atoms with Crippen LogP contribution in [0.3, 0.4) is 0 Å². The lowest BCUT2D eigenvalue weighted by Crippen LogP contribution is -2.50. The number of nitrogens with two attached hydrogens (primary N) is 1. The minimum atomic E-state index is 0.0779. The van der Waals surface area contributed by atoms with Crippen molar-refractivity contribution in [2.75, 3.05) is 13.6 Å². The first-order valence-electron chi connectivity index (χ1n) is 5.51. The lowest BCUT2D eigenvalue weighted by atomic mass is 9.67. The summed E-state index contributed by atoms with van der Waals surface area (Å²) in [5.41, 5.74) is 6.40. The fraction of sp³-hybridized carbons (Fsp3) is 1.00. The first-order chi connectivity index (χ1) is 6.08. The maximum atomic E-state index is 6.33. The summed E-state index contributed by atoms with van der Waals surface area (Å²) in [6.45, 7) is 5.68. The Bertz CT molecular complexity index is 154. The Morgan fingerprint density at radius 3 is 2.77 bits per heavy atom. The molecule has 0 aliphatic heterocycles. The molecule has 1 fully saturated rings. The highest BCUT2D eigenvalue weighted by Crippen LogP contribution is 2.37. The van der Waals surface area contributed by atoms with Crippen LogP contribution in [0.15, 0.2) is 0 Å². The Hall–Kier alpha value is -0.0800. The third kappa shape index (κ3) is 2.68. The van der Waals surface area contributed by atoms with Gasteiger partial charge in [0.1, 0.15) is 0 Å². The molecule has 0 heterocycles. The van der Waals surface area contributed by atoms with Crippen molar-refractivity contribution < 1.29 is 0 Å². The zero-order chi connectivity index (χ0) is 9.90. The highest BCUT2D eigenvalue weighted by molar-refractivity contribution is 4.93. The first-order valence-corrected chi connectivity index (χ1v) is 5.51. The lowest BCUT2D eigenvalue weighted by Gasteiger charge is -2.42. The third-order valence-corrected chi connectivity index (χ3v) is 3.61. The summed E-state index contributed by atoms with van der Waals surface area (Å²) in [7, 11) is 2.02. The van der Waals surface area contributed by atoms with Gasteiger partial charge in [-0.25, -0.2) is 0 Å². The number of hydrogen-bond acceptors (Lipinski definition) is 2. The van der Waals surface area contributed by atoms with Crippen LogP contribution in [0.4, 0.5) is 0 Å². The number of hydrogen-bond donors (Lipinski definition) is 2. The van der Waals surface area contributed by atoms with Gasteiger partial charge in [0.15, 0.2) is 0 Å². The molecule has 2 heteroatoms. The Morgan fingerprint density at radius 2 is 2.23 bits per heavy atom. The van der Waals surface area contributed by atoms with Crippen molar-refractivity contribution in [1.82, 2.24) is 5.32 Å². The van der Waals surface area contributed by atoms with Crippen molar-refractivity contribution in [3.8, 4) is 0 Å². The van der Waals surface area contributed by atoms with Crippen LogP contribution in [0, 0.1) is 11.8 Å². The number of rotatable bonds is 3. The molecule has 0 bridgehead atoms. The summed E-state index contributed by atoms with van der Waals surface area (Å²) in [5.74, 6) is 1.51. The minimum absolute atomic E-state index is 0.0779. The molecule has 0 spiro atoms. The fourth-order valence-electron chi connectivity index (χ4n) is 2.76. The van der Waals surface area contributed by atoms with Crippen molar-refractivity contribution in [1.29, 1.82) is 0 Å². The van der Waals surface area contributed by atoms with Gasteiger partial charge in [0.2, 0.25) is 0 Å². The summed E-state index contributed by atoms with van der Waals surface area (Å²) in [6.07, 6.45) is 5.10. The minimum Gasteiger partial charge on any atom is -0.325 e. The van der Waals surface area contributed by atoms with E-state index < -0.39 is 0 Å². The normalized spacial score (nSPS) is 40.6. The molecule has 0 amide bonds. The van der Waals surface area contributed by atoms with Crippen molar-refractivity contribution in [2.45, 2.75) is 45.1 Å². The third-order valence-electron chi connectivity index (χ3n) is 3.61. The van der Waals surface area contributed by atoms with E-state index in [-0.39, 0.29) is 5.54 Å². The van der Waals surface area contributed by atoms with E-state index in [1.165, 1.54) is 25.7 Å². The summed E-state index contributed by atoms with van der Waals surface area (Å²) < 4.78 is 0. The van der Waals surface area contributed by atoms with Crippen LogP contribution in [0.25, 0.3) is 0 Å². The summed E-state index contributed by atoms with van der Waals surface area (Å²) >= 11 is 0. The molecule has 1 rings (SSSR count). The maximum absolute atomic E-state index is 6.33. The monoisotopic (exact) mass is 184 g/mol. The second-order valence-electron chi connectivity index (χ2n) is 4.87. The van der Waals surface area contributed by atoms with Gasteiger partial charge in [0, 0.05) is 5.54 Å². The van der Waals surface area contributed by atoms with E-state index in [1.54, 1.807) is 0 Å². The van der Waals surface area contributed by atoms with Gasteiger partial charge in [0.05, 0.1) is 0 Å². The van der Waals surface area contributed by atoms with Crippen molar-refractivity contribution in [3.63, 3.8) is 0 Å². The molecule has 0 aromatic heterocycles. The molecule has 2 nitrogen and oxygen atoms in total. The summed E-state index contributed by atoms with van der Waals surface area (Å²) in [5, 5.41) is 3.22. The molecular weight excluding hydrogens is 160 g/mol. The van der Waals surface area contributed by atoms with Crippen LogP contribution in [0.1, 0.15) is 39.5 Å². The smallest absolute Gasteiger partial charge is 0.0157 e. The molecule has 3 unspecified atom stereocenters. The fourth-order valence-corrected chi connectivity index (χ4v) is 2.76. The molecule has 1 aliphatic rings. The second kappa shape index (κ2) is 4.43. The predicted octanol–water partition coefficient (Wildman–Crippen LogP) is 1.75. The van der Waals surface area contributed by atoms with Gasteiger partial charge in [0.25, 0.3) is 0 Å². The largest absolute Gasteiger partial charge is 0.325 e. The van der Waals surface area contributed by atoms with E-state index in [1.807, 2.05) is 7.05 Å². The molecule has 0 radical (unpaired) electrons. The molecule has 13 heavy (non-hydrogen) atoms. The van der Waals surface area contributed by atoms with Gasteiger partial charge < -0.3 is 11.1 Å². The summed E-state index contributed by atoms with van der Waals surface area (Å²) in [4.78, 5) is 0. The van der Waals surface area contributed by atoms with Crippen molar-refractivity contribution >= 4 is 0 Å². The Labute approximate surface area is 82.3 Å². The van der Waals surface area contributed by atoms with Crippen LogP contribution in [0.2, 0.25) is 0 Å². The highest BCUT2D eigenvalue weighted by atomic mass is 14.8. The quantitative estimate of drug-likeness (QED) is 0.701. The average molecular weight is 184 g/mol. The zero-order valence-corrected chi connectivity index (χ0v) is 9.27. The Balaban J connectivity index is 2.52. The van der Waals surface area contributed by atoms with E-state index in [4.69, 9.17) is 5.73 Å². The molecule has 1 saturated carbocycles. The molecule has 78 valence electrons. The van der Waals surface area contributed by atoms with Crippen LogP contribution >= 0.6 is 0 Å². The molecular formula is C11H24N2. The van der Waals surface area contributed by atoms with Crippen LogP contribution in [-0.2, 0) is 0 Å². The highest BCUT2D eigenvalue weighted by Gasteiger charge is 2.36. The van der Waals surface area contributed by atoms with Crippen LogP contribution in [-0.4, -0.2) is 19.1 Å². The molecule has 1 aliphatic carbocycles. The van der Waals surface area contributed by atoms with Gasteiger partial charge >= 0.3 is 0 Å². The molecule has 3 atom stereocenters. The van der Waals surface area contributed by atoms with Gasteiger partial charge in [-0.3, -0.25) is 0 Å². The van der Waals surface area contributed by atoms with Crippen molar-refractivity contribution in [3.05, 3.63) is 0 Å². The lowest BCUT2D eigenvalue weighted by molar-refractivity contribution is 0.134. The van der Waals surface area contributed by atoms with E-state index in [0.717, 1.165) is 12.5 Å². The van der Waals surface area contributed by atoms with Gasteiger partial charge in [-0.15, -0.1) is 0 Å².